The van der Waals surface area contributed by atoms with Gasteiger partial charge in [0.25, 0.3) is 10.0 Å². The average Bonchev–Trinajstić information content (AvgIpc) is 3.30. The van der Waals surface area contributed by atoms with E-state index >= 15 is 0 Å². The molecular weight excluding hydrogens is 529 g/mol. The monoisotopic (exact) mass is 548 g/mol. The maximum Gasteiger partial charge on any atom is 0.329 e. The second kappa shape index (κ2) is 10.6. The zero-order valence-electron chi connectivity index (χ0n) is 19.1. The Bertz CT molecular complexity index is 1570. The molecule has 0 fully saturated rings. The molecule has 0 unspecified atom stereocenters. The zero-order chi connectivity index (χ0) is 26.7. The highest BCUT2D eigenvalue weighted by molar-refractivity contribution is 7.90. The van der Waals surface area contributed by atoms with Crippen LogP contribution < -0.4 is 14.9 Å². The Labute approximate surface area is 213 Å². The molecule has 2 N–H and O–H groups in total. The third-order valence-electron chi connectivity index (χ3n) is 5.35. The Morgan fingerprint density at radius 3 is 2.43 bits per heavy atom. The number of thiazole rings is 1. The predicted octanol–water partition coefficient (Wildman–Crippen LogP) is 3.98. The lowest BCUT2D eigenvalue weighted by atomic mass is 10.0. The highest BCUT2D eigenvalue weighted by Crippen LogP contribution is 2.24. The molecule has 4 rings (SSSR count). The van der Waals surface area contributed by atoms with Crippen LogP contribution in [-0.2, 0) is 21.2 Å². The summed E-state index contributed by atoms with van der Waals surface area (Å²) in [5.74, 6) is -3.58. The maximum atomic E-state index is 14.0. The molecule has 0 bridgehead atoms. The summed E-state index contributed by atoms with van der Waals surface area (Å²) in [4.78, 5) is 30.6. The van der Waals surface area contributed by atoms with E-state index < -0.39 is 50.4 Å². The molecule has 0 radical (unpaired) electrons. The van der Waals surface area contributed by atoms with Crippen LogP contribution in [0, 0.1) is 17.5 Å². The first-order valence-corrected chi connectivity index (χ1v) is 13.0. The summed E-state index contributed by atoms with van der Waals surface area (Å²) in [6.07, 6.45) is -0.371. The Kier molecular flexibility index (Phi) is 7.45. The molecule has 8 nitrogen and oxygen atoms in total. The molecule has 0 aliphatic rings. The minimum atomic E-state index is -4.63. The molecule has 0 aliphatic carbocycles. The molecule has 3 aromatic carbocycles. The maximum absolute atomic E-state index is 14.0. The molecule has 13 heteroatoms. The number of nitrogens with one attached hydrogen (secondary N) is 2. The van der Waals surface area contributed by atoms with Crippen molar-refractivity contribution in [3.05, 3.63) is 89.2 Å². The van der Waals surface area contributed by atoms with E-state index in [0.29, 0.717) is 17.3 Å². The summed E-state index contributed by atoms with van der Waals surface area (Å²) in [7, 11) is -3.21. The molecule has 1 atom stereocenters. The van der Waals surface area contributed by atoms with Crippen molar-refractivity contribution in [2.75, 3.05) is 11.9 Å². The van der Waals surface area contributed by atoms with E-state index in [2.05, 4.69) is 10.3 Å². The van der Waals surface area contributed by atoms with Gasteiger partial charge in [-0.3, -0.25) is 4.79 Å². The van der Waals surface area contributed by atoms with Crippen LogP contribution in [0.3, 0.4) is 0 Å². The third kappa shape index (κ3) is 6.06. The van der Waals surface area contributed by atoms with Crippen LogP contribution in [0.15, 0.2) is 71.1 Å². The number of sulfonamides is 1. The minimum Gasteiger partial charge on any atom is -0.325 e. The van der Waals surface area contributed by atoms with E-state index in [9.17, 15) is 31.2 Å². The Morgan fingerprint density at radius 1 is 1.03 bits per heavy atom. The van der Waals surface area contributed by atoms with Gasteiger partial charge in [0.05, 0.1) is 15.7 Å². The number of aromatic nitrogens is 1. The van der Waals surface area contributed by atoms with Gasteiger partial charge in [0.2, 0.25) is 5.91 Å². The van der Waals surface area contributed by atoms with E-state index in [-0.39, 0.29) is 12.0 Å². The highest BCUT2D eigenvalue weighted by Gasteiger charge is 2.28. The second-order valence-corrected chi connectivity index (χ2v) is 10.5. The van der Waals surface area contributed by atoms with Crippen LogP contribution in [0.25, 0.3) is 10.2 Å². The topological polar surface area (TPSA) is 108 Å². The average molecular weight is 549 g/mol. The molecule has 4 aromatic rings. The van der Waals surface area contributed by atoms with Crippen molar-refractivity contribution < 1.29 is 31.2 Å². The van der Waals surface area contributed by atoms with Gasteiger partial charge < -0.3 is 10.2 Å². The molecule has 37 heavy (non-hydrogen) atoms. The fourth-order valence-electron chi connectivity index (χ4n) is 3.61. The van der Waals surface area contributed by atoms with E-state index in [1.165, 1.54) is 35.4 Å². The molecule has 1 aromatic heterocycles. The van der Waals surface area contributed by atoms with Gasteiger partial charge >= 0.3 is 6.03 Å². The van der Waals surface area contributed by atoms with Crippen LogP contribution in [0.2, 0.25) is 0 Å². The number of anilines is 1. The SMILES string of the molecule is CN(C(=O)[C@H](Cc1cc(F)cc(F)c1)NC(=O)NS(=O)(=O)c1ccccc1F)c1ccc2scnc2c1. The first kappa shape index (κ1) is 26.1. The summed E-state index contributed by atoms with van der Waals surface area (Å²) >= 11 is 1.41. The number of carbonyl (C=O) groups is 2. The summed E-state index contributed by atoms with van der Waals surface area (Å²) < 4.78 is 69.1. The lowest BCUT2D eigenvalue weighted by Crippen LogP contribution is -2.52. The number of hydrogen-bond acceptors (Lipinski definition) is 6. The minimum absolute atomic E-state index is 0.0384. The first-order chi connectivity index (χ1) is 17.5. The number of carbonyl (C=O) groups excluding carboxylic acids is 2. The zero-order valence-corrected chi connectivity index (χ0v) is 20.7. The highest BCUT2D eigenvalue weighted by atomic mass is 32.2. The predicted molar refractivity (Wildman–Crippen MR) is 132 cm³/mol. The second-order valence-electron chi connectivity index (χ2n) is 7.95. The summed E-state index contributed by atoms with van der Waals surface area (Å²) in [6, 6.07) is 9.31. The molecular formula is C24H19F3N4O4S2. The van der Waals surface area contributed by atoms with E-state index in [4.69, 9.17) is 0 Å². The van der Waals surface area contributed by atoms with Crippen molar-refractivity contribution in [1.29, 1.82) is 0 Å². The van der Waals surface area contributed by atoms with E-state index in [1.54, 1.807) is 28.4 Å². The number of halogens is 3. The van der Waals surface area contributed by atoms with Crippen molar-refractivity contribution >= 4 is 49.2 Å². The normalized spacial score (nSPS) is 12.2. The van der Waals surface area contributed by atoms with Gasteiger partial charge in [-0.25, -0.2) is 36.1 Å². The van der Waals surface area contributed by atoms with Gasteiger partial charge in [-0.2, -0.15) is 0 Å². The number of urea groups is 1. The van der Waals surface area contributed by atoms with Crippen LogP contribution >= 0.6 is 11.3 Å². The van der Waals surface area contributed by atoms with Crippen molar-refractivity contribution in [3.63, 3.8) is 0 Å². The fraction of sp³-hybridized carbons (Fsp3) is 0.125. The van der Waals surface area contributed by atoms with Gasteiger partial charge in [0, 0.05) is 25.2 Å². The largest absolute Gasteiger partial charge is 0.329 e. The van der Waals surface area contributed by atoms with Crippen LogP contribution in [0.5, 0.6) is 0 Å². The number of fused-ring (bicyclic) bond motifs is 1. The molecule has 0 saturated heterocycles. The summed E-state index contributed by atoms with van der Waals surface area (Å²) in [6.45, 7) is 0. The molecule has 0 spiro atoms. The molecule has 192 valence electrons. The number of rotatable bonds is 7. The molecule has 3 amide bonds. The Morgan fingerprint density at radius 2 is 1.73 bits per heavy atom. The van der Waals surface area contributed by atoms with Gasteiger partial charge in [-0.15, -0.1) is 11.3 Å². The van der Waals surface area contributed by atoms with Crippen LogP contribution in [-0.4, -0.2) is 38.4 Å². The number of benzene rings is 3. The van der Waals surface area contributed by atoms with Crippen LogP contribution in [0.1, 0.15) is 5.56 Å². The standard InChI is InChI=1S/C24H19F3N4O4S2/c1-31(17-6-7-21-19(12-17)28-13-36-21)23(32)20(10-14-8-15(25)11-16(26)9-14)29-24(33)30-37(34,35)22-5-3-2-4-18(22)27/h2-9,11-13,20H,10H2,1H3,(H2,29,30,33)/t20-/m0/s1. The number of hydrogen-bond donors (Lipinski definition) is 2. The molecule has 1 heterocycles. The Hall–Kier alpha value is -3.97. The fourth-order valence-corrected chi connectivity index (χ4v) is 5.26. The lowest BCUT2D eigenvalue weighted by Gasteiger charge is -2.25. The lowest BCUT2D eigenvalue weighted by molar-refractivity contribution is -0.120. The van der Waals surface area contributed by atoms with Crippen LogP contribution in [0.4, 0.5) is 23.7 Å². The van der Waals surface area contributed by atoms with Crippen molar-refractivity contribution in [3.8, 4) is 0 Å². The molecule has 0 aliphatic heterocycles. The summed E-state index contributed by atoms with van der Waals surface area (Å²) in [5, 5.41) is 2.23. The number of likely N-dealkylation sites (N-methyl/N-ethyl adjacent to an activating group) is 1. The van der Waals surface area contributed by atoms with Crippen molar-refractivity contribution in [2.45, 2.75) is 17.4 Å². The molecule has 0 saturated carbocycles. The smallest absolute Gasteiger partial charge is 0.325 e. The third-order valence-corrected chi connectivity index (χ3v) is 7.52. The Balaban J connectivity index is 1.60. The van der Waals surface area contributed by atoms with E-state index in [0.717, 1.165) is 29.0 Å². The van der Waals surface area contributed by atoms with Gasteiger partial charge in [-0.1, -0.05) is 12.1 Å². The van der Waals surface area contributed by atoms with Crippen molar-refractivity contribution in [1.82, 2.24) is 15.0 Å². The van der Waals surface area contributed by atoms with Gasteiger partial charge in [-0.05, 0) is 48.0 Å². The quantitative estimate of drug-likeness (QED) is 0.363. The number of amides is 3. The summed E-state index contributed by atoms with van der Waals surface area (Å²) in [5.41, 5.74) is 2.73. The number of nitrogens with zero attached hydrogens (tertiary/aromatic N) is 2. The van der Waals surface area contributed by atoms with Crippen molar-refractivity contribution in [2.24, 2.45) is 0 Å². The van der Waals surface area contributed by atoms with Gasteiger partial charge in [0.1, 0.15) is 28.4 Å². The van der Waals surface area contributed by atoms with E-state index in [1.807, 2.05) is 0 Å². The first-order valence-electron chi connectivity index (χ1n) is 10.7. The van der Waals surface area contributed by atoms with Gasteiger partial charge in [0.15, 0.2) is 0 Å².